The zero-order valence-electron chi connectivity index (χ0n) is 7.12. The van der Waals surface area contributed by atoms with Crippen molar-refractivity contribution < 1.29 is 4.74 Å². The molecule has 1 aliphatic rings. The molecule has 0 saturated heterocycles. The first kappa shape index (κ1) is 8.54. The molecule has 1 aliphatic carbocycles. The van der Waals surface area contributed by atoms with Gasteiger partial charge in [0.25, 0.3) is 0 Å². The van der Waals surface area contributed by atoms with Crippen LogP contribution in [0.1, 0.15) is 26.2 Å². The van der Waals surface area contributed by atoms with Crippen LogP contribution in [0.5, 0.6) is 0 Å². The number of ether oxygens (including phenoxy) is 1. The predicted molar refractivity (Wildman–Crippen MR) is 47.5 cm³/mol. The van der Waals surface area contributed by atoms with Crippen LogP contribution in [-0.2, 0) is 4.74 Å². The quantitative estimate of drug-likeness (QED) is 0.565. The van der Waals surface area contributed by atoms with Crippen molar-refractivity contribution in [1.82, 2.24) is 0 Å². The molecule has 0 radical (unpaired) electrons. The Bertz CT molecular complexity index is 147. The number of hydrogen-bond donors (Lipinski definition) is 0. The molecular weight excluding hydrogens is 136 g/mol. The zero-order chi connectivity index (χ0) is 7.94. The second-order valence-electron chi connectivity index (χ2n) is 2.80. The average Bonchev–Trinajstić information content (AvgIpc) is 2.07. The van der Waals surface area contributed by atoms with Gasteiger partial charge in [0.2, 0.25) is 0 Å². The van der Waals surface area contributed by atoms with E-state index in [1.165, 1.54) is 19.3 Å². The molecule has 11 heavy (non-hydrogen) atoms. The van der Waals surface area contributed by atoms with Crippen LogP contribution in [0, 0.1) is 0 Å². The van der Waals surface area contributed by atoms with E-state index in [-0.39, 0.29) is 0 Å². The maximum absolute atomic E-state index is 5.55. The molecule has 1 rings (SSSR count). The molecule has 1 heteroatoms. The smallest absolute Gasteiger partial charge is 0.0760 e. The highest BCUT2D eigenvalue weighted by atomic mass is 16.5. The minimum absolute atomic E-state index is 0.375. The first-order valence-electron chi connectivity index (χ1n) is 4.33. The van der Waals surface area contributed by atoms with Gasteiger partial charge in [-0.25, -0.2) is 0 Å². The summed E-state index contributed by atoms with van der Waals surface area (Å²) in [5.74, 6) is 0. The van der Waals surface area contributed by atoms with E-state index in [0.29, 0.717) is 6.10 Å². The van der Waals surface area contributed by atoms with E-state index >= 15 is 0 Å². The minimum Gasteiger partial charge on any atom is -0.370 e. The van der Waals surface area contributed by atoms with Gasteiger partial charge >= 0.3 is 0 Å². The molecule has 0 saturated carbocycles. The SMILES string of the molecule is C/C=C/COC1C=CCCC1. The normalized spacial score (nSPS) is 24.6. The fourth-order valence-electron chi connectivity index (χ4n) is 1.20. The molecule has 0 spiro atoms. The summed E-state index contributed by atoms with van der Waals surface area (Å²) in [6, 6.07) is 0. The van der Waals surface area contributed by atoms with Crippen molar-refractivity contribution in [2.75, 3.05) is 6.61 Å². The molecule has 0 aromatic carbocycles. The maximum Gasteiger partial charge on any atom is 0.0760 e. The molecule has 1 nitrogen and oxygen atoms in total. The molecular formula is C10H16O. The summed E-state index contributed by atoms with van der Waals surface area (Å²) in [6.45, 7) is 2.77. The average molecular weight is 152 g/mol. The zero-order valence-corrected chi connectivity index (χ0v) is 7.12. The van der Waals surface area contributed by atoms with Crippen LogP contribution < -0.4 is 0 Å². The van der Waals surface area contributed by atoms with Crippen LogP contribution >= 0.6 is 0 Å². The number of allylic oxidation sites excluding steroid dienone is 2. The Labute approximate surface area is 68.8 Å². The van der Waals surface area contributed by atoms with Crippen LogP contribution in [0.15, 0.2) is 24.3 Å². The molecule has 0 aromatic rings. The first-order valence-corrected chi connectivity index (χ1v) is 4.33. The summed E-state index contributed by atoms with van der Waals surface area (Å²) < 4.78 is 5.55. The van der Waals surface area contributed by atoms with E-state index < -0.39 is 0 Å². The van der Waals surface area contributed by atoms with Gasteiger partial charge in [-0.3, -0.25) is 0 Å². The standard InChI is InChI=1S/C10H16O/c1-2-3-9-11-10-7-5-4-6-8-10/h2-3,5,7,10H,4,6,8-9H2,1H3/b3-2+. The Hall–Kier alpha value is -0.560. The summed E-state index contributed by atoms with van der Waals surface area (Å²) in [5, 5.41) is 0. The summed E-state index contributed by atoms with van der Waals surface area (Å²) in [7, 11) is 0. The van der Waals surface area contributed by atoms with Crippen molar-refractivity contribution in [3.05, 3.63) is 24.3 Å². The van der Waals surface area contributed by atoms with Gasteiger partial charge in [0.1, 0.15) is 0 Å². The van der Waals surface area contributed by atoms with Gasteiger partial charge < -0.3 is 4.74 Å². The van der Waals surface area contributed by atoms with Crippen molar-refractivity contribution in [1.29, 1.82) is 0 Å². The van der Waals surface area contributed by atoms with E-state index in [2.05, 4.69) is 12.2 Å². The Balaban J connectivity index is 2.15. The molecule has 62 valence electrons. The van der Waals surface area contributed by atoms with Crippen molar-refractivity contribution in [2.45, 2.75) is 32.3 Å². The first-order chi connectivity index (χ1) is 5.43. The molecule has 0 aromatic heterocycles. The van der Waals surface area contributed by atoms with Crippen molar-refractivity contribution >= 4 is 0 Å². The highest BCUT2D eigenvalue weighted by molar-refractivity contribution is 4.94. The summed E-state index contributed by atoms with van der Waals surface area (Å²) in [6.07, 6.45) is 12.5. The Kier molecular flexibility index (Phi) is 3.99. The van der Waals surface area contributed by atoms with Gasteiger partial charge in [-0.15, -0.1) is 0 Å². The summed E-state index contributed by atoms with van der Waals surface area (Å²) in [4.78, 5) is 0. The van der Waals surface area contributed by atoms with Crippen molar-refractivity contribution in [2.24, 2.45) is 0 Å². The molecule has 0 bridgehead atoms. The highest BCUT2D eigenvalue weighted by Gasteiger charge is 2.06. The largest absolute Gasteiger partial charge is 0.370 e. The second-order valence-corrected chi connectivity index (χ2v) is 2.80. The molecule has 0 amide bonds. The van der Waals surface area contributed by atoms with E-state index in [1.54, 1.807) is 0 Å². The van der Waals surface area contributed by atoms with E-state index in [4.69, 9.17) is 4.74 Å². The number of rotatable bonds is 3. The topological polar surface area (TPSA) is 9.23 Å². The molecule has 0 fully saturated rings. The Morgan fingerprint density at radius 1 is 1.64 bits per heavy atom. The van der Waals surface area contributed by atoms with Gasteiger partial charge in [0, 0.05) is 0 Å². The molecule has 1 atom stereocenters. The van der Waals surface area contributed by atoms with Gasteiger partial charge in [0.05, 0.1) is 12.7 Å². The molecule has 0 heterocycles. The van der Waals surface area contributed by atoms with Gasteiger partial charge in [-0.2, -0.15) is 0 Å². The molecule has 1 unspecified atom stereocenters. The fourth-order valence-corrected chi connectivity index (χ4v) is 1.20. The van der Waals surface area contributed by atoms with Crippen molar-refractivity contribution in [3.8, 4) is 0 Å². The Morgan fingerprint density at radius 3 is 3.18 bits per heavy atom. The third-order valence-corrected chi connectivity index (χ3v) is 1.85. The molecule has 0 aliphatic heterocycles. The monoisotopic (exact) mass is 152 g/mol. The maximum atomic E-state index is 5.55. The van der Waals surface area contributed by atoms with Gasteiger partial charge in [0.15, 0.2) is 0 Å². The fraction of sp³-hybridized carbons (Fsp3) is 0.600. The van der Waals surface area contributed by atoms with Gasteiger partial charge in [-0.05, 0) is 26.2 Å². The summed E-state index contributed by atoms with van der Waals surface area (Å²) >= 11 is 0. The van der Waals surface area contributed by atoms with Gasteiger partial charge in [-0.1, -0.05) is 24.3 Å². The van der Waals surface area contributed by atoms with Crippen LogP contribution in [0.4, 0.5) is 0 Å². The van der Waals surface area contributed by atoms with E-state index in [1.807, 2.05) is 19.1 Å². The summed E-state index contributed by atoms with van der Waals surface area (Å²) in [5.41, 5.74) is 0. The highest BCUT2D eigenvalue weighted by Crippen LogP contribution is 2.12. The Morgan fingerprint density at radius 2 is 2.55 bits per heavy atom. The van der Waals surface area contributed by atoms with E-state index in [9.17, 15) is 0 Å². The van der Waals surface area contributed by atoms with E-state index in [0.717, 1.165) is 6.61 Å². The van der Waals surface area contributed by atoms with Crippen LogP contribution in [0.3, 0.4) is 0 Å². The third kappa shape index (κ3) is 3.38. The van der Waals surface area contributed by atoms with Crippen LogP contribution in [0.2, 0.25) is 0 Å². The van der Waals surface area contributed by atoms with Crippen molar-refractivity contribution in [3.63, 3.8) is 0 Å². The van der Waals surface area contributed by atoms with Crippen LogP contribution in [0.25, 0.3) is 0 Å². The lowest BCUT2D eigenvalue weighted by molar-refractivity contribution is 0.0979. The minimum atomic E-state index is 0.375. The molecule has 0 N–H and O–H groups in total. The second kappa shape index (κ2) is 5.14. The number of hydrogen-bond acceptors (Lipinski definition) is 1. The lowest BCUT2D eigenvalue weighted by Crippen LogP contribution is -2.12. The lowest BCUT2D eigenvalue weighted by atomic mass is 10.1. The third-order valence-electron chi connectivity index (χ3n) is 1.85. The van der Waals surface area contributed by atoms with Crippen LogP contribution in [-0.4, -0.2) is 12.7 Å². The predicted octanol–water partition coefficient (Wildman–Crippen LogP) is 2.69. The lowest BCUT2D eigenvalue weighted by Gasteiger charge is -2.15.